The third kappa shape index (κ3) is 5.83. The van der Waals surface area contributed by atoms with Crippen molar-refractivity contribution in [3.8, 4) is 5.75 Å². The van der Waals surface area contributed by atoms with Crippen LogP contribution >= 0.6 is 0 Å². The number of ether oxygens (including phenoxy) is 1. The number of hydrogen-bond acceptors (Lipinski definition) is 3. The smallest absolute Gasteiger partial charge is 0.227 e. The summed E-state index contributed by atoms with van der Waals surface area (Å²) in [7, 11) is 3.84. The van der Waals surface area contributed by atoms with Crippen LogP contribution in [0.5, 0.6) is 5.75 Å². The van der Waals surface area contributed by atoms with E-state index >= 15 is 0 Å². The molecule has 0 bridgehead atoms. The maximum absolute atomic E-state index is 13.2. The first-order valence-corrected chi connectivity index (χ1v) is 10.3. The molecule has 1 aliphatic rings. The first-order chi connectivity index (χ1) is 13.7. The van der Waals surface area contributed by atoms with Gasteiger partial charge in [-0.1, -0.05) is 48.5 Å². The number of likely N-dealkylation sites (tertiary alicyclic amines) is 1. The molecule has 1 amide bonds. The van der Waals surface area contributed by atoms with Gasteiger partial charge in [-0.2, -0.15) is 0 Å². The maximum Gasteiger partial charge on any atom is 0.227 e. The molecule has 3 rings (SSSR count). The molecular weight excluding hydrogens is 348 g/mol. The second-order valence-electron chi connectivity index (χ2n) is 7.83. The van der Waals surface area contributed by atoms with Gasteiger partial charge in [-0.3, -0.25) is 4.79 Å². The molecule has 2 aromatic carbocycles. The molecule has 150 valence electrons. The van der Waals surface area contributed by atoms with E-state index in [1.807, 2.05) is 30.3 Å². The van der Waals surface area contributed by atoms with Crippen LogP contribution in [0.4, 0.5) is 0 Å². The normalized spacial score (nSPS) is 17.3. The zero-order chi connectivity index (χ0) is 19.8. The first kappa shape index (κ1) is 20.4. The van der Waals surface area contributed by atoms with E-state index in [1.54, 1.807) is 7.11 Å². The van der Waals surface area contributed by atoms with Gasteiger partial charge in [0.05, 0.1) is 13.5 Å². The summed E-state index contributed by atoms with van der Waals surface area (Å²) < 4.78 is 5.44. The predicted molar refractivity (Wildman–Crippen MR) is 114 cm³/mol. The summed E-state index contributed by atoms with van der Waals surface area (Å²) >= 11 is 0. The molecule has 0 radical (unpaired) electrons. The topological polar surface area (TPSA) is 32.8 Å². The molecule has 4 heteroatoms. The molecule has 1 saturated heterocycles. The zero-order valence-electron chi connectivity index (χ0n) is 17.1. The van der Waals surface area contributed by atoms with Crippen molar-refractivity contribution in [2.75, 3.05) is 40.3 Å². The van der Waals surface area contributed by atoms with E-state index in [9.17, 15) is 4.79 Å². The van der Waals surface area contributed by atoms with Gasteiger partial charge >= 0.3 is 0 Å². The number of rotatable bonds is 8. The number of carbonyl (C=O) groups excluding carboxylic acids is 1. The minimum atomic E-state index is 0.189. The molecule has 28 heavy (non-hydrogen) atoms. The second kappa shape index (κ2) is 10.3. The molecule has 0 unspecified atom stereocenters. The average Bonchev–Trinajstić information content (AvgIpc) is 2.72. The molecular formula is C24H32N2O2. The van der Waals surface area contributed by atoms with Crippen LogP contribution < -0.4 is 4.74 Å². The lowest BCUT2D eigenvalue weighted by Gasteiger charge is -2.34. The van der Waals surface area contributed by atoms with E-state index < -0.39 is 0 Å². The van der Waals surface area contributed by atoms with Gasteiger partial charge in [0.25, 0.3) is 0 Å². The van der Waals surface area contributed by atoms with Crippen molar-refractivity contribution >= 4 is 5.91 Å². The molecule has 0 spiro atoms. The number of methoxy groups -OCH3 is 1. The lowest BCUT2D eigenvalue weighted by molar-refractivity contribution is -0.131. The lowest BCUT2D eigenvalue weighted by Crippen LogP contribution is -2.43. The summed E-state index contributed by atoms with van der Waals surface area (Å²) in [5.41, 5.74) is 2.24. The summed E-state index contributed by atoms with van der Waals surface area (Å²) in [5.74, 6) is 1.53. The van der Waals surface area contributed by atoms with E-state index in [-0.39, 0.29) is 5.91 Å². The first-order valence-electron chi connectivity index (χ1n) is 10.3. The van der Waals surface area contributed by atoms with Crippen LogP contribution in [-0.2, 0) is 17.6 Å². The number of piperidine rings is 1. The Labute approximate surface area is 169 Å². The molecule has 2 aromatic rings. The Balaban J connectivity index is 1.69. The van der Waals surface area contributed by atoms with Crippen LogP contribution in [0.2, 0.25) is 0 Å². The van der Waals surface area contributed by atoms with E-state index in [1.165, 1.54) is 18.4 Å². The molecule has 0 aromatic heterocycles. The Bertz CT molecular complexity index is 747. The number of hydrogen-bond donors (Lipinski definition) is 0. The van der Waals surface area contributed by atoms with Crippen LogP contribution in [0, 0.1) is 5.92 Å². The van der Waals surface area contributed by atoms with Crippen molar-refractivity contribution in [2.45, 2.75) is 25.7 Å². The predicted octanol–water partition coefficient (Wildman–Crippen LogP) is 3.65. The molecule has 1 heterocycles. The van der Waals surface area contributed by atoms with Crippen molar-refractivity contribution in [3.63, 3.8) is 0 Å². The van der Waals surface area contributed by atoms with E-state index in [2.05, 4.69) is 41.1 Å². The van der Waals surface area contributed by atoms with Crippen molar-refractivity contribution in [1.29, 1.82) is 0 Å². The Morgan fingerprint density at radius 2 is 1.89 bits per heavy atom. The fraction of sp³-hybridized carbons (Fsp3) is 0.458. The van der Waals surface area contributed by atoms with E-state index in [0.717, 1.165) is 43.9 Å². The standard InChI is InChI=1S/C24H32N2O2/c1-25-15-8-11-21(18-25)19-26(16-14-20-9-4-3-5-10-20)24(27)17-22-12-6-7-13-23(22)28-2/h3-7,9-10,12-13,21H,8,11,14-19H2,1-2H3/t21-/m1/s1. The molecule has 1 fully saturated rings. The van der Waals surface area contributed by atoms with Crippen LogP contribution in [0.3, 0.4) is 0 Å². The van der Waals surface area contributed by atoms with Gasteiger partial charge in [-0.25, -0.2) is 0 Å². The molecule has 4 nitrogen and oxygen atoms in total. The minimum Gasteiger partial charge on any atom is -0.496 e. The maximum atomic E-state index is 13.2. The van der Waals surface area contributed by atoms with Crippen LogP contribution in [-0.4, -0.2) is 56.0 Å². The Hall–Kier alpha value is -2.33. The quantitative estimate of drug-likeness (QED) is 0.701. The zero-order valence-corrected chi connectivity index (χ0v) is 17.1. The lowest BCUT2D eigenvalue weighted by atomic mass is 9.97. The molecule has 0 aliphatic carbocycles. The fourth-order valence-corrected chi connectivity index (χ4v) is 4.08. The van der Waals surface area contributed by atoms with Crippen molar-refractivity contribution in [3.05, 3.63) is 65.7 Å². The highest BCUT2D eigenvalue weighted by Gasteiger charge is 2.23. The summed E-state index contributed by atoms with van der Waals surface area (Å²) in [6.45, 7) is 3.84. The van der Waals surface area contributed by atoms with Gasteiger partial charge in [0.2, 0.25) is 5.91 Å². The minimum absolute atomic E-state index is 0.189. The van der Waals surface area contributed by atoms with Gasteiger partial charge < -0.3 is 14.5 Å². The van der Waals surface area contributed by atoms with Crippen LogP contribution in [0.1, 0.15) is 24.0 Å². The van der Waals surface area contributed by atoms with Gasteiger partial charge in [-0.05, 0) is 50.4 Å². The van der Waals surface area contributed by atoms with Crippen molar-refractivity contribution in [1.82, 2.24) is 9.80 Å². The average molecular weight is 381 g/mol. The number of carbonyl (C=O) groups is 1. The molecule has 1 aliphatic heterocycles. The van der Waals surface area contributed by atoms with Gasteiger partial charge in [0.15, 0.2) is 0 Å². The third-order valence-corrected chi connectivity index (χ3v) is 5.60. The molecule has 0 saturated carbocycles. The summed E-state index contributed by atoms with van der Waals surface area (Å²) in [6.07, 6.45) is 3.70. The summed E-state index contributed by atoms with van der Waals surface area (Å²) in [6, 6.07) is 18.3. The highest BCUT2D eigenvalue weighted by molar-refractivity contribution is 5.79. The van der Waals surface area contributed by atoms with Gasteiger partial charge in [-0.15, -0.1) is 0 Å². The summed E-state index contributed by atoms with van der Waals surface area (Å²) in [4.78, 5) is 17.7. The van der Waals surface area contributed by atoms with Gasteiger partial charge in [0.1, 0.15) is 5.75 Å². The highest BCUT2D eigenvalue weighted by atomic mass is 16.5. The monoisotopic (exact) mass is 380 g/mol. The highest BCUT2D eigenvalue weighted by Crippen LogP contribution is 2.21. The number of amides is 1. The van der Waals surface area contributed by atoms with E-state index in [0.29, 0.717) is 12.3 Å². The SMILES string of the molecule is COc1ccccc1CC(=O)N(CCc1ccccc1)C[C@@H]1CCCN(C)C1. The number of nitrogens with zero attached hydrogens (tertiary/aromatic N) is 2. The number of para-hydroxylation sites is 1. The largest absolute Gasteiger partial charge is 0.496 e. The van der Waals surface area contributed by atoms with Crippen molar-refractivity contribution in [2.24, 2.45) is 5.92 Å². The number of benzene rings is 2. The van der Waals surface area contributed by atoms with E-state index in [4.69, 9.17) is 4.74 Å². The fourth-order valence-electron chi connectivity index (χ4n) is 4.08. The summed E-state index contributed by atoms with van der Waals surface area (Å²) in [5, 5.41) is 0. The van der Waals surface area contributed by atoms with Gasteiger partial charge in [0, 0.05) is 25.2 Å². The third-order valence-electron chi connectivity index (χ3n) is 5.60. The Morgan fingerprint density at radius 3 is 2.64 bits per heavy atom. The Morgan fingerprint density at radius 1 is 1.14 bits per heavy atom. The second-order valence-corrected chi connectivity index (χ2v) is 7.83. The Kier molecular flexibility index (Phi) is 7.49. The van der Waals surface area contributed by atoms with Crippen LogP contribution in [0.25, 0.3) is 0 Å². The molecule has 1 atom stereocenters. The van der Waals surface area contributed by atoms with Crippen LogP contribution in [0.15, 0.2) is 54.6 Å². The molecule has 0 N–H and O–H groups in total. The van der Waals surface area contributed by atoms with Crippen molar-refractivity contribution < 1.29 is 9.53 Å².